The normalized spacial score (nSPS) is 21.4. The number of rotatable bonds is 6. The van der Waals surface area contributed by atoms with E-state index in [1.54, 1.807) is 0 Å². The summed E-state index contributed by atoms with van der Waals surface area (Å²) < 4.78 is 5.19. The van der Waals surface area contributed by atoms with Gasteiger partial charge in [-0.25, -0.2) is 0 Å². The van der Waals surface area contributed by atoms with Crippen LogP contribution in [-0.4, -0.2) is 37.0 Å². The maximum absolute atomic E-state index is 9.65. The Balaban J connectivity index is 2.09. The molecule has 1 atom stereocenters. The Hall–Kier alpha value is -0.120. The molecule has 1 saturated carbocycles. The van der Waals surface area contributed by atoms with Crippen molar-refractivity contribution in [2.24, 2.45) is 0 Å². The Labute approximate surface area is 99.6 Å². The zero-order valence-electron chi connectivity index (χ0n) is 10.6. The first-order valence-electron chi connectivity index (χ1n) is 6.82. The maximum atomic E-state index is 9.65. The quantitative estimate of drug-likeness (QED) is 0.733. The summed E-state index contributed by atoms with van der Waals surface area (Å²) in [6.07, 6.45) is 8.99. The summed E-state index contributed by atoms with van der Waals surface area (Å²) in [4.78, 5) is 0. The van der Waals surface area contributed by atoms with Crippen molar-refractivity contribution < 1.29 is 9.84 Å². The molecule has 0 amide bonds. The summed E-state index contributed by atoms with van der Waals surface area (Å²) >= 11 is 0. The Morgan fingerprint density at radius 1 is 1.19 bits per heavy atom. The van der Waals surface area contributed by atoms with E-state index in [1.807, 2.05) is 6.92 Å². The molecule has 0 aliphatic heterocycles. The number of aliphatic hydroxyl groups excluding tert-OH is 1. The molecule has 1 aliphatic carbocycles. The number of nitrogens with one attached hydrogen (secondary N) is 1. The lowest BCUT2D eigenvalue weighted by atomic mass is 9.97. The van der Waals surface area contributed by atoms with Crippen LogP contribution in [0.3, 0.4) is 0 Å². The molecular formula is C13H27NO2. The highest BCUT2D eigenvalue weighted by molar-refractivity contribution is 4.71. The van der Waals surface area contributed by atoms with E-state index in [4.69, 9.17) is 4.74 Å². The second-order valence-electron chi connectivity index (χ2n) is 4.76. The van der Waals surface area contributed by atoms with Gasteiger partial charge in [-0.1, -0.05) is 32.1 Å². The van der Waals surface area contributed by atoms with E-state index in [-0.39, 0.29) is 6.10 Å². The Kier molecular flexibility index (Phi) is 7.81. The summed E-state index contributed by atoms with van der Waals surface area (Å²) in [6, 6.07) is 0.608. The van der Waals surface area contributed by atoms with Crippen LogP contribution in [0.15, 0.2) is 0 Å². The van der Waals surface area contributed by atoms with Crippen molar-refractivity contribution in [3.63, 3.8) is 0 Å². The predicted molar refractivity (Wildman–Crippen MR) is 66.6 cm³/mol. The average Bonchev–Trinajstić information content (AvgIpc) is 2.25. The van der Waals surface area contributed by atoms with E-state index < -0.39 is 0 Å². The lowest BCUT2D eigenvalue weighted by Crippen LogP contribution is -2.37. The molecule has 3 nitrogen and oxygen atoms in total. The Bertz CT molecular complexity index is 156. The van der Waals surface area contributed by atoms with Crippen molar-refractivity contribution >= 4 is 0 Å². The van der Waals surface area contributed by atoms with Crippen LogP contribution < -0.4 is 5.32 Å². The average molecular weight is 229 g/mol. The van der Waals surface area contributed by atoms with E-state index in [0.29, 0.717) is 25.8 Å². The molecule has 0 saturated heterocycles. The van der Waals surface area contributed by atoms with Gasteiger partial charge >= 0.3 is 0 Å². The standard InChI is InChI=1S/C13H27NO2/c1-2-16-11-13(15)10-14-12-8-6-4-3-5-7-9-12/h12-15H,2-11H2,1H3. The minimum Gasteiger partial charge on any atom is -0.389 e. The monoisotopic (exact) mass is 229 g/mol. The van der Waals surface area contributed by atoms with E-state index in [0.717, 1.165) is 0 Å². The molecular weight excluding hydrogens is 202 g/mol. The van der Waals surface area contributed by atoms with Gasteiger partial charge in [0.2, 0.25) is 0 Å². The number of hydrogen-bond acceptors (Lipinski definition) is 3. The van der Waals surface area contributed by atoms with E-state index in [9.17, 15) is 5.11 Å². The smallest absolute Gasteiger partial charge is 0.0897 e. The minimum absolute atomic E-state index is 0.356. The first kappa shape index (κ1) is 13.9. The van der Waals surface area contributed by atoms with Crippen molar-refractivity contribution in [3.05, 3.63) is 0 Å². The molecule has 1 unspecified atom stereocenters. The van der Waals surface area contributed by atoms with Crippen molar-refractivity contribution in [2.75, 3.05) is 19.8 Å². The van der Waals surface area contributed by atoms with E-state index in [2.05, 4.69) is 5.32 Å². The lowest BCUT2D eigenvalue weighted by molar-refractivity contribution is 0.0409. The highest BCUT2D eigenvalue weighted by atomic mass is 16.5. The van der Waals surface area contributed by atoms with Gasteiger partial charge in [0.15, 0.2) is 0 Å². The third-order valence-corrected chi connectivity index (χ3v) is 3.26. The molecule has 0 aromatic carbocycles. The molecule has 1 aliphatic rings. The third-order valence-electron chi connectivity index (χ3n) is 3.26. The van der Waals surface area contributed by atoms with Gasteiger partial charge < -0.3 is 15.2 Å². The zero-order valence-corrected chi connectivity index (χ0v) is 10.6. The van der Waals surface area contributed by atoms with Crippen molar-refractivity contribution in [2.45, 2.75) is 64.0 Å². The van der Waals surface area contributed by atoms with Crippen molar-refractivity contribution in [3.8, 4) is 0 Å². The van der Waals surface area contributed by atoms with E-state index in [1.165, 1.54) is 44.9 Å². The molecule has 0 radical (unpaired) electrons. The van der Waals surface area contributed by atoms with Crippen molar-refractivity contribution in [1.82, 2.24) is 5.32 Å². The lowest BCUT2D eigenvalue weighted by Gasteiger charge is -2.22. The Morgan fingerprint density at radius 3 is 2.44 bits per heavy atom. The van der Waals surface area contributed by atoms with Gasteiger partial charge in [-0.15, -0.1) is 0 Å². The number of hydrogen-bond donors (Lipinski definition) is 2. The van der Waals surface area contributed by atoms with Gasteiger partial charge in [0.25, 0.3) is 0 Å². The molecule has 0 aromatic heterocycles. The minimum atomic E-state index is -0.356. The SMILES string of the molecule is CCOCC(O)CNC1CCCCCCC1. The molecule has 1 rings (SSSR count). The summed E-state index contributed by atoms with van der Waals surface area (Å²) in [7, 11) is 0. The summed E-state index contributed by atoms with van der Waals surface area (Å²) in [6.45, 7) is 3.76. The molecule has 0 heterocycles. The van der Waals surface area contributed by atoms with Gasteiger partial charge in [-0.05, 0) is 19.8 Å². The molecule has 3 heteroatoms. The highest BCUT2D eigenvalue weighted by Crippen LogP contribution is 2.16. The molecule has 96 valence electrons. The molecule has 16 heavy (non-hydrogen) atoms. The number of aliphatic hydroxyl groups is 1. The summed E-state index contributed by atoms with van der Waals surface area (Å²) in [5.41, 5.74) is 0. The Morgan fingerprint density at radius 2 is 1.81 bits per heavy atom. The van der Waals surface area contributed by atoms with Crippen LogP contribution in [0.25, 0.3) is 0 Å². The van der Waals surface area contributed by atoms with Gasteiger partial charge in [-0.3, -0.25) is 0 Å². The fourth-order valence-electron chi connectivity index (χ4n) is 2.28. The van der Waals surface area contributed by atoms with Gasteiger partial charge in [0.1, 0.15) is 0 Å². The molecule has 1 fully saturated rings. The first-order chi connectivity index (χ1) is 7.83. The van der Waals surface area contributed by atoms with Crippen LogP contribution in [-0.2, 0) is 4.74 Å². The van der Waals surface area contributed by atoms with Gasteiger partial charge in [0.05, 0.1) is 12.7 Å². The van der Waals surface area contributed by atoms with Gasteiger partial charge in [0, 0.05) is 19.2 Å². The molecule has 0 spiro atoms. The van der Waals surface area contributed by atoms with Crippen LogP contribution in [0.1, 0.15) is 51.9 Å². The summed E-state index contributed by atoms with van der Waals surface area (Å²) in [5, 5.41) is 13.1. The molecule has 0 bridgehead atoms. The fourth-order valence-corrected chi connectivity index (χ4v) is 2.28. The first-order valence-corrected chi connectivity index (χ1v) is 6.82. The van der Waals surface area contributed by atoms with Crippen LogP contribution in [0, 0.1) is 0 Å². The van der Waals surface area contributed by atoms with Crippen molar-refractivity contribution in [1.29, 1.82) is 0 Å². The largest absolute Gasteiger partial charge is 0.389 e. The van der Waals surface area contributed by atoms with Crippen LogP contribution >= 0.6 is 0 Å². The van der Waals surface area contributed by atoms with Crippen LogP contribution in [0.5, 0.6) is 0 Å². The van der Waals surface area contributed by atoms with Gasteiger partial charge in [-0.2, -0.15) is 0 Å². The molecule has 2 N–H and O–H groups in total. The second-order valence-corrected chi connectivity index (χ2v) is 4.76. The maximum Gasteiger partial charge on any atom is 0.0897 e. The third kappa shape index (κ3) is 6.46. The topological polar surface area (TPSA) is 41.5 Å². The van der Waals surface area contributed by atoms with E-state index >= 15 is 0 Å². The number of ether oxygens (including phenoxy) is 1. The zero-order chi connectivity index (χ0) is 11.6. The molecule has 0 aromatic rings. The highest BCUT2D eigenvalue weighted by Gasteiger charge is 2.12. The second kappa shape index (κ2) is 8.97. The predicted octanol–water partition coefficient (Wildman–Crippen LogP) is 2.09. The van der Waals surface area contributed by atoms with Crippen LogP contribution in [0.4, 0.5) is 0 Å². The van der Waals surface area contributed by atoms with Crippen LogP contribution in [0.2, 0.25) is 0 Å². The fraction of sp³-hybridized carbons (Fsp3) is 1.00. The summed E-state index contributed by atoms with van der Waals surface area (Å²) in [5.74, 6) is 0.